The lowest BCUT2D eigenvalue weighted by Crippen LogP contribution is -2.37. The predicted molar refractivity (Wildman–Crippen MR) is 153 cm³/mol. The first-order valence-corrected chi connectivity index (χ1v) is 12.9. The molecule has 1 unspecified atom stereocenters. The van der Waals surface area contributed by atoms with Crippen molar-refractivity contribution in [3.05, 3.63) is 92.9 Å². The van der Waals surface area contributed by atoms with E-state index in [9.17, 15) is 9.59 Å². The standard InChI is InChI=1S/C27H27Cl2N7O4/c1-31-13-16-10-18(5-6-21(16)30)32-27(38)23(8-9-39-2)35-14-24(40-3)20(12-26(35)37)19-11-17(28)4-7-22(19)36-15-25(29)33-34-36/h4-7,10-15,23,30-31H,8-9H2,1-3H3,(H,32,38)/b16-13-,30-21?. The molecule has 0 saturated heterocycles. The highest BCUT2D eigenvalue weighted by molar-refractivity contribution is 6.31. The third kappa shape index (κ3) is 6.33. The monoisotopic (exact) mass is 583 g/mol. The summed E-state index contributed by atoms with van der Waals surface area (Å²) >= 11 is 12.3. The fourth-order valence-corrected chi connectivity index (χ4v) is 4.50. The van der Waals surface area contributed by atoms with Crippen molar-refractivity contribution in [1.29, 1.82) is 5.41 Å². The fourth-order valence-electron chi connectivity index (χ4n) is 4.20. The van der Waals surface area contributed by atoms with Gasteiger partial charge >= 0.3 is 0 Å². The minimum Gasteiger partial charge on any atom is -0.495 e. The van der Waals surface area contributed by atoms with Gasteiger partial charge in [0.25, 0.3) is 5.56 Å². The van der Waals surface area contributed by atoms with E-state index in [4.69, 9.17) is 38.1 Å². The van der Waals surface area contributed by atoms with Crippen molar-refractivity contribution in [3.63, 3.8) is 0 Å². The van der Waals surface area contributed by atoms with Crippen LogP contribution in [0.2, 0.25) is 10.2 Å². The second-order valence-corrected chi connectivity index (χ2v) is 9.49. The van der Waals surface area contributed by atoms with Crippen LogP contribution < -0.4 is 20.9 Å². The van der Waals surface area contributed by atoms with Gasteiger partial charge in [0, 0.05) is 66.9 Å². The van der Waals surface area contributed by atoms with Crippen molar-refractivity contribution in [2.45, 2.75) is 12.5 Å². The van der Waals surface area contributed by atoms with E-state index in [0.29, 0.717) is 44.6 Å². The Labute approximate surface area is 240 Å². The Morgan fingerprint density at radius 1 is 1.18 bits per heavy atom. The number of nitrogens with zero attached hydrogens (tertiary/aromatic N) is 4. The second-order valence-electron chi connectivity index (χ2n) is 8.67. The Kier molecular flexibility index (Phi) is 9.20. The number of hydrogen-bond acceptors (Lipinski definition) is 8. The molecule has 0 fully saturated rings. The van der Waals surface area contributed by atoms with E-state index in [-0.39, 0.29) is 18.2 Å². The van der Waals surface area contributed by atoms with Gasteiger partial charge in [-0.2, -0.15) is 0 Å². The summed E-state index contributed by atoms with van der Waals surface area (Å²) in [6.07, 6.45) is 9.78. The minimum absolute atomic E-state index is 0.198. The number of aromatic nitrogens is 4. The molecule has 11 nitrogen and oxygen atoms in total. The number of carbonyl (C=O) groups excluding carboxylic acids is 1. The number of allylic oxidation sites excluding steroid dienone is 4. The number of ether oxygens (including phenoxy) is 2. The largest absolute Gasteiger partial charge is 0.495 e. The first kappa shape index (κ1) is 28.8. The molecule has 0 spiro atoms. The summed E-state index contributed by atoms with van der Waals surface area (Å²) < 4.78 is 13.7. The lowest BCUT2D eigenvalue weighted by molar-refractivity contribution is -0.124. The molecule has 4 rings (SSSR count). The van der Waals surface area contributed by atoms with Gasteiger partial charge in [0.05, 0.1) is 30.9 Å². The number of benzene rings is 1. The van der Waals surface area contributed by atoms with Crippen molar-refractivity contribution in [3.8, 4) is 22.6 Å². The molecule has 3 aromatic rings. The number of amides is 1. The Bertz CT molecular complexity index is 1590. The minimum atomic E-state index is -0.921. The fraction of sp³-hybridized carbons (Fsp3) is 0.222. The molecule has 3 N–H and O–H groups in total. The van der Waals surface area contributed by atoms with Crippen LogP contribution in [-0.4, -0.2) is 59.1 Å². The van der Waals surface area contributed by atoms with Crippen LogP contribution in [0.4, 0.5) is 0 Å². The molecular formula is C27H27Cl2N7O4. The zero-order valence-corrected chi connectivity index (χ0v) is 23.5. The van der Waals surface area contributed by atoms with Crippen LogP contribution in [0.1, 0.15) is 12.5 Å². The van der Waals surface area contributed by atoms with E-state index < -0.39 is 17.5 Å². The molecule has 1 atom stereocenters. The summed E-state index contributed by atoms with van der Waals surface area (Å²) in [5.74, 6) is -0.100. The van der Waals surface area contributed by atoms with Crippen LogP contribution in [0.3, 0.4) is 0 Å². The van der Waals surface area contributed by atoms with Crippen molar-refractivity contribution in [1.82, 2.24) is 30.2 Å². The molecule has 13 heteroatoms. The van der Waals surface area contributed by atoms with E-state index in [1.165, 1.54) is 41.9 Å². The molecule has 40 heavy (non-hydrogen) atoms. The number of carbonyl (C=O) groups is 1. The van der Waals surface area contributed by atoms with Gasteiger partial charge in [-0.15, -0.1) is 5.10 Å². The summed E-state index contributed by atoms with van der Waals surface area (Å²) in [7, 11) is 4.71. The molecule has 0 saturated carbocycles. The predicted octanol–water partition coefficient (Wildman–Crippen LogP) is 3.68. The van der Waals surface area contributed by atoms with Gasteiger partial charge in [0.1, 0.15) is 11.8 Å². The highest BCUT2D eigenvalue weighted by atomic mass is 35.5. The normalized spacial score (nSPS) is 14.7. The maximum Gasteiger partial charge on any atom is 0.252 e. The average Bonchev–Trinajstić information content (AvgIpc) is 3.37. The Morgan fingerprint density at radius 2 is 1.98 bits per heavy atom. The van der Waals surface area contributed by atoms with Crippen molar-refractivity contribution in [2.75, 3.05) is 27.9 Å². The molecule has 1 aliphatic rings. The van der Waals surface area contributed by atoms with Gasteiger partial charge in [-0.3, -0.25) is 14.2 Å². The van der Waals surface area contributed by atoms with Crippen LogP contribution in [0, 0.1) is 5.41 Å². The van der Waals surface area contributed by atoms with Gasteiger partial charge in [-0.25, -0.2) is 4.68 Å². The molecule has 1 amide bonds. The Balaban J connectivity index is 1.75. The van der Waals surface area contributed by atoms with E-state index in [2.05, 4.69) is 20.9 Å². The van der Waals surface area contributed by atoms with Gasteiger partial charge in [-0.1, -0.05) is 28.4 Å². The zero-order valence-electron chi connectivity index (χ0n) is 21.9. The quantitative estimate of drug-likeness (QED) is 0.331. The number of hydrogen-bond donors (Lipinski definition) is 3. The Hall–Kier alpha value is -4.19. The highest BCUT2D eigenvalue weighted by Crippen LogP contribution is 2.35. The maximum atomic E-state index is 13.5. The summed E-state index contributed by atoms with van der Waals surface area (Å²) in [5.41, 5.74) is 2.50. The van der Waals surface area contributed by atoms with Gasteiger partial charge < -0.3 is 25.5 Å². The van der Waals surface area contributed by atoms with Gasteiger partial charge in [-0.05, 0) is 36.4 Å². The van der Waals surface area contributed by atoms with Gasteiger partial charge in [0.15, 0.2) is 5.15 Å². The number of halogens is 2. The number of pyridine rings is 1. The van der Waals surface area contributed by atoms with E-state index in [1.54, 1.807) is 49.7 Å². The van der Waals surface area contributed by atoms with Crippen LogP contribution in [0.5, 0.6) is 5.75 Å². The molecule has 0 aliphatic heterocycles. The molecule has 208 valence electrons. The summed E-state index contributed by atoms with van der Waals surface area (Å²) in [5, 5.41) is 22.2. The lowest BCUT2D eigenvalue weighted by atomic mass is 10.0. The van der Waals surface area contributed by atoms with Crippen LogP contribution in [0.15, 0.2) is 77.2 Å². The molecule has 2 heterocycles. The van der Waals surface area contributed by atoms with E-state index in [0.717, 1.165) is 0 Å². The summed E-state index contributed by atoms with van der Waals surface area (Å²) in [6, 6.07) is 5.55. The average molecular weight is 584 g/mol. The van der Waals surface area contributed by atoms with E-state index >= 15 is 0 Å². The molecule has 1 aliphatic carbocycles. The molecule has 0 bridgehead atoms. The molecule has 2 aromatic heterocycles. The smallest absolute Gasteiger partial charge is 0.252 e. The van der Waals surface area contributed by atoms with Crippen molar-refractivity contribution in [2.24, 2.45) is 0 Å². The first-order valence-electron chi connectivity index (χ1n) is 12.1. The number of nitrogens with one attached hydrogen (secondary N) is 3. The van der Waals surface area contributed by atoms with Crippen LogP contribution >= 0.6 is 23.2 Å². The SMILES string of the molecule is CN/C=C1/C=C(NC(=O)C(CCOC)n2cc(OC)c(-c3cc(Cl)ccc3-n3cc(Cl)nn3)cc2=O)C=CC1=N. The lowest BCUT2D eigenvalue weighted by Gasteiger charge is -2.22. The third-order valence-electron chi connectivity index (χ3n) is 6.08. The second kappa shape index (κ2) is 12.8. The first-order chi connectivity index (χ1) is 19.2. The summed E-state index contributed by atoms with van der Waals surface area (Å²) in [4.78, 5) is 27.0. The highest BCUT2D eigenvalue weighted by Gasteiger charge is 2.25. The molecule has 0 radical (unpaired) electrons. The van der Waals surface area contributed by atoms with Crippen molar-refractivity contribution >= 4 is 34.8 Å². The third-order valence-corrected chi connectivity index (χ3v) is 6.49. The Morgan fingerprint density at radius 3 is 2.65 bits per heavy atom. The number of rotatable bonds is 10. The zero-order chi connectivity index (χ0) is 28.8. The van der Waals surface area contributed by atoms with E-state index in [1.807, 2.05) is 0 Å². The van der Waals surface area contributed by atoms with Crippen molar-refractivity contribution < 1.29 is 14.3 Å². The van der Waals surface area contributed by atoms with Gasteiger partial charge in [0.2, 0.25) is 5.91 Å². The summed E-state index contributed by atoms with van der Waals surface area (Å²) in [6.45, 7) is 0.227. The van der Waals surface area contributed by atoms with Crippen LogP contribution in [0.25, 0.3) is 16.8 Å². The number of methoxy groups -OCH3 is 2. The molecule has 1 aromatic carbocycles. The van der Waals surface area contributed by atoms with Crippen LogP contribution in [-0.2, 0) is 9.53 Å². The molecular weight excluding hydrogens is 557 g/mol. The maximum absolute atomic E-state index is 13.5. The topological polar surface area (TPSA) is 136 Å².